The fourth-order valence-electron chi connectivity index (χ4n) is 1.44. The highest BCUT2D eigenvalue weighted by atomic mass is 19.4. The average Bonchev–Trinajstić information content (AvgIpc) is 2.28. The standard InChI is InChI=1S/C11H15F3N2O2/c1-2-15-5-9(17)7-16-6-8(11(12,13)14)3-4-10(16)18/h3-4,6,9,15,17H,2,5,7H2,1H3. The van der Waals surface area contributed by atoms with Gasteiger partial charge >= 0.3 is 6.18 Å². The summed E-state index contributed by atoms with van der Waals surface area (Å²) in [7, 11) is 0. The van der Waals surface area contributed by atoms with Crippen LogP contribution in [0.15, 0.2) is 23.1 Å². The lowest BCUT2D eigenvalue weighted by molar-refractivity contribution is -0.138. The Balaban J connectivity index is 2.85. The SMILES string of the molecule is CCNCC(O)Cn1cc(C(F)(F)F)ccc1=O. The Kier molecular flexibility index (Phi) is 4.92. The number of hydrogen-bond acceptors (Lipinski definition) is 3. The highest BCUT2D eigenvalue weighted by Gasteiger charge is 2.31. The number of pyridine rings is 1. The third-order valence-corrected chi connectivity index (χ3v) is 2.35. The van der Waals surface area contributed by atoms with Crippen molar-refractivity contribution in [3.8, 4) is 0 Å². The van der Waals surface area contributed by atoms with Crippen molar-refractivity contribution in [2.24, 2.45) is 0 Å². The molecule has 0 fully saturated rings. The second-order valence-electron chi connectivity index (χ2n) is 3.87. The first kappa shape index (κ1) is 14.7. The lowest BCUT2D eigenvalue weighted by atomic mass is 10.2. The summed E-state index contributed by atoms with van der Waals surface area (Å²) in [6.45, 7) is 2.52. The van der Waals surface area contributed by atoms with Crippen molar-refractivity contribution in [2.45, 2.75) is 25.7 Å². The quantitative estimate of drug-likeness (QED) is 0.828. The van der Waals surface area contributed by atoms with E-state index in [1.54, 1.807) is 0 Å². The van der Waals surface area contributed by atoms with Gasteiger partial charge in [-0.3, -0.25) is 4.79 Å². The highest BCUT2D eigenvalue weighted by molar-refractivity contribution is 5.13. The Morgan fingerprint density at radius 2 is 2.11 bits per heavy atom. The topological polar surface area (TPSA) is 54.3 Å². The number of nitrogens with one attached hydrogen (secondary N) is 1. The lowest BCUT2D eigenvalue weighted by Crippen LogP contribution is -2.34. The van der Waals surface area contributed by atoms with Gasteiger partial charge in [0, 0.05) is 18.8 Å². The van der Waals surface area contributed by atoms with Crippen molar-refractivity contribution in [1.82, 2.24) is 9.88 Å². The molecule has 1 rings (SSSR count). The van der Waals surface area contributed by atoms with Gasteiger partial charge in [0.05, 0.1) is 18.2 Å². The molecule has 102 valence electrons. The van der Waals surface area contributed by atoms with E-state index in [1.165, 1.54) is 0 Å². The monoisotopic (exact) mass is 264 g/mol. The average molecular weight is 264 g/mol. The fourth-order valence-corrected chi connectivity index (χ4v) is 1.44. The summed E-state index contributed by atoms with van der Waals surface area (Å²) >= 11 is 0. The minimum atomic E-state index is -4.50. The number of aliphatic hydroxyl groups excluding tert-OH is 1. The summed E-state index contributed by atoms with van der Waals surface area (Å²) in [6, 6.07) is 1.58. The van der Waals surface area contributed by atoms with Crippen LogP contribution in [0.25, 0.3) is 0 Å². The van der Waals surface area contributed by atoms with Crippen LogP contribution >= 0.6 is 0 Å². The van der Waals surface area contributed by atoms with Crippen molar-refractivity contribution in [3.05, 3.63) is 34.2 Å². The molecular weight excluding hydrogens is 249 g/mol. The Bertz CT molecular complexity index is 443. The van der Waals surface area contributed by atoms with Crippen LogP contribution in [-0.4, -0.2) is 28.9 Å². The maximum atomic E-state index is 12.4. The van der Waals surface area contributed by atoms with Gasteiger partial charge in [0.15, 0.2) is 0 Å². The number of aromatic nitrogens is 1. The first-order valence-corrected chi connectivity index (χ1v) is 5.51. The Hall–Kier alpha value is -1.34. The van der Waals surface area contributed by atoms with E-state index >= 15 is 0 Å². The van der Waals surface area contributed by atoms with Crippen LogP contribution in [0.1, 0.15) is 12.5 Å². The molecule has 0 bridgehead atoms. The van der Waals surface area contributed by atoms with Crippen molar-refractivity contribution >= 4 is 0 Å². The predicted molar refractivity (Wildman–Crippen MR) is 60.3 cm³/mol. The molecule has 1 unspecified atom stereocenters. The molecule has 1 aromatic rings. The van der Waals surface area contributed by atoms with Gasteiger partial charge in [-0.05, 0) is 12.6 Å². The smallest absolute Gasteiger partial charge is 0.390 e. The summed E-state index contributed by atoms with van der Waals surface area (Å²) in [4.78, 5) is 11.4. The summed E-state index contributed by atoms with van der Waals surface area (Å²) in [6.07, 6.45) is -4.69. The predicted octanol–water partition coefficient (Wildman–Crippen LogP) is 0.837. The van der Waals surface area contributed by atoms with E-state index < -0.39 is 23.4 Å². The summed E-state index contributed by atoms with van der Waals surface area (Å²) in [5.41, 5.74) is -1.48. The van der Waals surface area contributed by atoms with E-state index in [2.05, 4.69) is 5.32 Å². The van der Waals surface area contributed by atoms with Crippen molar-refractivity contribution < 1.29 is 18.3 Å². The van der Waals surface area contributed by atoms with Gasteiger partial charge in [0.2, 0.25) is 0 Å². The largest absolute Gasteiger partial charge is 0.417 e. The van der Waals surface area contributed by atoms with Crippen molar-refractivity contribution in [2.75, 3.05) is 13.1 Å². The van der Waals surface area contributed by atoms with Gasteiger partial charge in [-0.2, -0.15) is 13.2 Å². The van der Waals surface area contributed by atoms with Gasteiger partial charge in [0.25, 0.3) is 5.56 Å². The van der Waals surface area contributed by atoms with Gasteiger partial charge < -0.3 is 15.0 Å². The number of halogens is 3. The molecule has 4 nitrogen and oxygen atoms in total. The van der Waals surface area contributed by atoms with Gasteiger partial charge in [0.1, 0.15) is 0 Å². The highest BCUT2D eigenvalue weighted by Crippen LogP contribution is 2.27. The maximum absolute atomic E-state index is 12.4. The molecule has 0 saturated heterocycles. The van der Waals surface area contributed by atoms with Crippen LogP contribution in [0.4, 0.5) is 13.2 Å². The first-order valence-electron chi connectivity index (χ1n) is 5.51. The Labute approximate surface area is 102 Å². The van der Waals surface area contributed by atoms with E-state index in [0.717, 1.165) is 22.9 Å². The number of alkyl halides is 3. The van der Waals surface area contributed by atoms with Crippen LogP contribution in [0.5, 0.6) is 0 Å². The third-order valence-electron chi connectivity index (χ3n) is 2.35. The van der Waals surface area contributed by atoms with Crippen molar-refractivity contribution in [1.29, 1.82) is 0 Å². The number of aliphatic hydroxyl groups is 1. The third kappa shape index (κ3) is 4.15. The molecule has 18 heavy (non-hydrogen) atoms. The lowest BCUT2D eigenvalue weighted by Gasteiger charge is -2.14. The molecule has 7 heteroatoms. The van der Waals surface area contributed by atoms with Gasteiger partial charge in [-0.15, -0.1) is 0 Å². The van der Waals surface area contributed by atoms with Crippen LogP contribution < -0.4 is 10.9 Å². The molecule has 1 heterocycles. The minimum Gasteiger partial charge on any atom is -0.390 e. The Morgan fingerprint density at radius 1 is 1.44 bits per heavy atom. The van der Waals surface area contributed by atoms with Crippen molar-refractivity contribution in [3.63, 3.8) is 0 Å². The molecule has 0 spiro atoms. The minimum absolute atomic E-state index is 0.171. The Morgan fingerprint density at radius 3 is 2.67 bits per heavy atom. The molecule has 0 aliphatic heterocycles. The van der Waals surface area contributed by atoms with E-state index in [0.29, 0.717) is 6.54 Å². The zero-order valence-corrected chi connectivity index (χ0v) is 9.87. The van der Waals surface area contributed by atoms with Crippen LogP contribution in [-0.2, 0) is 12.7 Å². The first-order chi connectivity index (χ1) is 8.34. The molecule has 0 aliphatic rings. The van der Waals surface area contributed by atoms with Gasteiger partial charge in [-0.1, -0.05) is 6.92 Å². The van der Waals surface area contributed by atoms with E-state index in [4.69, 9.17) is 0 Å². The molecule has 0 aliphatic carbocycles. The van der Waals surface area contributed by atoms with Crippen LogP contribution in [0.2, 0.25) is 0 Å². The summed E-state index contributed by atoms with van der Waals surface area (Å²) in [5, 5.41) is 12.4. The van der Waals surface area contributed by atoms with Gasteiger partial charge in [-0.25, -0.2) is 0 Å². The number of likely N-dealkylation sites (N-methyl/N-ethyl adjacent to an activating group) is 1. The molecular formula is C11H15F3N2O2. The van der Waals surface area contributed by atoms with E-state index in [1.807, 2.05) is 6.92 Å². The normalized spacial score (nSPS) is 13.6. The molecule has 1 aromatic heterocycles. The summed E-state index contributed by atoms with van der Waals surface area (Å²) in [5.74, 6) is 0. The zero-order chi connectivity index (χ0) is 13.8. The molecule has 1 atom stereocenters. The second-order valence-corrected chi connectivity index (χ2v) is 3.87. The fraction of sp³-hybridized carbons (Fsp3) is 0.545. The van der Waals surface area contributed by atoms with Crippen LogP contribution in [0, 0.1) is 0 Å². The number of nitrogens with zero attached hydrogens (tertiary/aromatic N) is 1. The second kappa shape index (κ2) is 6.01. The molecule has 2 N–H and O–H groups in total. The molecule has 0 amide bonds. The molecule has 0 saturated carbocycles. The van der Waals surface area contributed by atoms with E-state index in [-0.39, 0.29) is 13.1 Å². The van der Waals surface area contributed by atoms with Crippen LogP contribution in [0.3, 0.4) is 0 Å². The zero-order valence-electron chi connectivity index (χ0n) is 9.87. The molecule has 0 radical (unpaired) electrons. The number of hydrogen-bond donors (Lipinski definition) is 2. The van der Waals surface area contributed by atoms with E-state index in [9.17, 15) is 23.1 Å². The maximum Gasteiger partial charge on any atom is 0.417 e. The molecule has 0 aromatic carbocycles. The summed E-state index contributed by atoms with van der Waals surface area (Å²) < 4.78 is 38.2. The number of rotatable bonds is 5.